The van der Waals surface area contributed by atoms with Gasteiger partial charge >= 0.3 is 0 Å². The van der Waals surface area contributed by atoms with Crippen molar-refractivity contribution in [3.05, 3.63) is 16.1 Å². The summed E-state index contributed by atoms with van der Waals surface area (Å²) in [5.41, 5.74) is 5.10. The van der Waals surface area contributed by atoms with Gasteiger partial charge in [0.05, 0.1) is 19.1 Å². The molecule has 0 bridgehead atoms. The molecule has 94 valence electrons. The fourth-order valence-electron chi connectivity index (χ4n) is 1.18. The van der Waals surface area contributed by atoms with Crippen LogP contribution in [0.25, 0.3) is 0 Å². The molecule has 7 heteroatoms. The number of nitrogens with two attached hydrogens (primary N) is 1. The summed E-state index contributed by atoms with van der Waals surface area (Å²) in [4.78, 5) is 27.6. The zero-order valence-corrected chi connectivity index (χ0v) is 10.6. The quantitative estimate of drug-likeness (QED) is 0.674. The van der Waals surface area contributed by atoms with Crippen molar-refractivity contribution in [1.29, 1.82) is 0 Å². The van der Waals surface area contributed by atoms with E-state index < -0.39 is 0 Å². The van der Waals surface area contributed by atoms with Crippen LogP contribution in [0.2, 0.25) is 0 Å². The van der Waals surface area contributed by atoms with E-state index in [1.54, 1.807) is 6.20 Å². The molecule has 1 rings (SSSR count). The molecule has 1 unspecified atom stereocenters. The lowest BCUT2D eigenvalue weighted by atomic mass is 10.3. The highest BCUT2D eigenvalue weighted by atomic mass is 32.1. The molecule has 17 heavy (non-hydrogen) atoms. The molecule has 0 saturated heterocycles. The Morgan fingerprint density at radius 3 is 2.76 bits per heavy atom. The van der Waals surface area contributed by atoms with Gasteiger partial charge in [0.2, 0.25) is 11.8 Å². The lowest BCUT2D eigenvalue weighted by Crippen LogP contribution is -2.40. The SMILES string of the molecule is Cc1cnc(C(C)NC(=O)CNC(=O)CN)s1. The van der Waals surface area contributed by atoms with Crippen LogP contribution in [0, 0.1) is 6.92 Å². The second-order valence-corrected chi connectivity index (χ2v) is 4.85. The van der Waals surface area contributed by atoms with Crippen LogP contribution in [0.3, 0.4) is 0 Å². The van der Waals surface area contributed by atoms with Crippen molar-refractivity contribution in [2.75, 3.05) is 13.1 Å². The van der Waals surface area contributed by atoms with Crippen LogP contribution in [-0.4, -0.2) is 29.9 Å². The first kappa shape index (κ1) is 13.6. The van der Waals surface area contributed by atoms with Crippen molar-refractivity contribution in [2.45, 2.75) is 19.9 Å². The maximum Gasteiger partial charge on any atom is 0.239 e. The summed E-state index contributed by atoms with van der Waals surface area (Å²) in [5, 5.41) is 5.99. The smallest absolute Gasteiger partial charge is 0.239 e. The number of hydrogen-bond acceptors (Lipinski definition) is 5. The molecule has 0 aliphatic carbocycles. The van der Waals surface area contributed by atoms with Crippen LogP contribution in [0.4, 0.5) is 0 Å². The van der Waals surface area contributed by atoms with Crippen molar-refractivity contribution in [2.24, 2.45) is 5.73 Å². The maximum absolute atomic E-state index is 11.5. The van der Waals surface area contributed by atoms with Gasteiger partial charge in [-0.25, -0.2) is 4.98 Å². The van der Waals surface area contributed by atoms with E-state index in [0.29, 0.717) is 0 Å². The van der Waals surface area contributed by atoms with E-state index in [-0.39, 0.29) is 30.9 Å². The van der Waals surface area contributed by atoms with Gasteiger partial charge in [0.25, 0.3) is 0 Å². The molecule has 0 saturated carbocycles. The molecule has 1 aromatic heterocycles. The third-order valence-corrected chi connectivity index (χ3v) is 3.11. The van der Waals surface area contributed by atoms with Crippen LogP contribution in [0.1, 0.15) is 22.9 Å². The minimum atomic E-state index is -0.349. The lowest BCUT2D eigenvalue weighted by Gasteiger charge is -2.11. The average molecular weight is 256 g/mol. The van der Waals surface area contributed by atoms with E-state index in [0.717, 1.165) is 9.88 Å². The number of nitrogens with one attached hydrogen (secondary N) is 2. The van der Waals surface area contributed by atoms with Gasteiger partial charge in [-0.1, -0.05) is 0 Å². The Morgan fingerprint density at radius 1 is 1.53 bits per heavy atom. The van der Waals surface area contributed by atoms with E-state index in [2.05, 4.69) is 15.6 Å². The monoisotopic (exact) mass is 256 g/mol. The molecule has 1 atom stereocenters. The van der Waals surface area contributed by atoms with Crippen LogP contribution in [-0.2, 0) is 9.59 Å². The Kier molecular flexibility index (Phi) is 5.05. The summed E-state index contributed by atoms with van der Waals surface area (Å²) in [7, 11) is 0. The van der Waals surface area contributed by atoms with E-state index in [9.17, 15) is 9.59 Å². The Bertz CT molecular complexity index is 405. The lowest BCUT2D eigenvalue weighted by molar-refractivity contribution is -0.125. The molecule has 1 aromatic rings. The number of aryl methyl sites for hydroxylation is 1. The third kappa shape index (κ3) is 4.49. The topological polar surface area (TPSA) is 97.1 Å². The third-order valence-electron chi connectivity index (χ3n) is 2.02. The second-order valence-electron chi connectivity index (χ2n) is 3.58. The highest BCUT2D eigenvalue weighted by Crippen LogP contribution is 2.18. The van der Waals surface area contributed by atoms with Crippen LogP contribution >= 0.6 is 11.3 Å². The number of thiazole rings is 1. The number of hydrogen-bond donors (Lipinski definition) is 3. The number of amides is 2. The van der Waals surface area contributed by atoms with Crippen LogP contribution < -0.4 is 16.4 Å². The Balaban J connectivity index is 2.38. The molecule has 0 fully saturated rings. The molecule has 4 N–H and O–H groups in total. The molecule has 0 aliphatic heterocycles. The highest BCUT2D eigenvalue weighted by Gasteiger charge is 2.12. The standard InChI is InChI=1S/C10H16N4O2S/c1-6-4-13-10(17-6)7(2)14-9(16)5-12-8(15)3-11/h4,7H,3,5,11H2,1-2H3,(H,12,15)(H,14,16). The van der Waals surface area contributed by atoms with Crippen molar-refractivity contribution in [1.82, 2.24) is 15.6 Å². The van der Waals surface area contributed by atoms with E-state index in [1.807, 2.05) is 13.8 Å². The van der Waals surface area contributed by atoms with E-state index in [1.165, 1.54) is 11.3 Å². The number of carbonyl (C=O) groups excluding carboxylic acids is 2. The van der Waals surface area contributed by atoms with Gasteiger partial charge in [-0.2, -0.15) is 0 Å². The molecule has 2 amide bonds. The minimum Gasteiger partial charge on any atom is -0.346 e. The first-order valence-electron chi connectivity index (χ1n) is 5.21. The second kappa shape index (κ2) is 6.31. The van der Waals surface area contributed by atoms with Gasteiger partial charge in [-0.15, -0.1) is 11.3 Å². The summed E-state index contributed by atoms with van der Waals surface area (Å²) >= 11 is 1.53. The van der Waals surface area contributed by atoms with Crippen molar-refractivity contribution in [3.8, 4) is 0 Å². The first-order valence-corrected chi connectivity index (χ1v) is 6.03. The van der Waals surface area contributed by atoms with Gasteiger partial charge in [-0.3, -0.25) is 9.59 Å². The molecule has 6 nitrogen and oxygen atoms in total. The Hall–Kier alpha value is -1.47. The highest BCUT2D eigenvalue weighted by molar-refractivity contribution is 7.11. The van der Waals surface area contributed by atoms with Crippen LogP contribution in [0.15, 0.2) is 6.20 Å². The van der Waals surface area contributed by atoms with E-state index >= 15 is 0 Å². The van der Waals surface area contributed by atoms with Gasteiger partial charge in [0, 0.05) is 11.1 Å². The first-order chi connectivity index (χ1) is 8.02. The number of aromatic nitrogens is 1. The summed E-state index contributed by atoms with van der Waals surface area (Å²) in [5.74, 6) is -0.606. The largest absolute Gasteiger partial charge is 0.346 e. The van der Waals surface area contributed by atoms with E-state index in [4.69, 9.17) is 5.73 Å². The number of rotatable bonds is 5. The van der Waals surface area contributed by atoms with Gasteiger partial charge in [-0.05, 0) is 13.8 Å². The molecule has 0 aromatic carbocycles. The van der Waals surface area contributed by atoms with Crippen molar-refractivity contribution >= 4 is 23.2 Å². The summed E-state index contributed by atoms with van der Waals surface area (Å²) in [6, 6.07) is -0.157. The fourth-order valence-corrected chi connectivity index (χ4v) is 1.95. The minimum absolute atomic E-state index is 0.0648. The molecule has 0 radical (unpaired) electrons. The van der Waals surface area contributed by atoms with Gasteiger partial charge in [0.15, 0.2) is 0 Å². The summed E-state index contributed by atoms with van der Waals surface area (Å²) < 4.78 is 0. The molecule has 1 heterocycles. The van der Waals surface area contributed by atoms with Crippen molar-refractivity contribution < 1.29 is 9.59 Å². The number of carbonyl (C=O) groups is 2. The number of nitrogens with zero attached hydrogens (tertiary/aromatic N) is 1. The average Bonchev–Trinajstić information content (AvgIpc) is 2.72. The summed E-state index contributed by atoms with van der Waals surface area (Å²) in [6.07, 6.45) is 1.76. The normalized spacial score (nSPS) is 11.9. The predicted molar refractivity (Wildman–Crippen MR) is 65.5 cm³/mol. The summed E-state index contributed by atoms with van der Waals surface area (Å²) in [6.45, 7) is 3.62. The maximum atomic E-state index is 11.5. The zero-order valence-electron chi connectivity index (χ0n) is 9.82. The Labute approximate surface area is 104 Å². The van der Waals surface area contributed by atoms with Gasteiger partial charge < -0.3 is 16.4 Å². The molecular weight excluding hydrogens is 240 g/mol. The van der Waals surface area contributed by atoms with Gasteiger partial charge in [0.1, 0.15) is 5.01 Å². The van der Waals surface area contributed by atoms with Crippen molar-refractivity contribution in [3.63, 3.8) is 0 Å². The predicted octanol–water partition coefficient (Wildman–Crippen LogP) is -0.296. The Morgan fingerprint density at radius 2 is 2.24 bits per heavy atom. The zero-order chi connectivity index (χ0) is 12.8. The molecular formula is C10H16N4O2S. The molecule has 0 spiro atoms. The fraction of sp³-hybridized carbons (Fsp3) is 0.500. The van der Waals surface area contributed by atoms with Crippen LogP contribution in [0.5, 0.6) is 0 Å². The molecule has 0 aliphatic rings.